The van der Waals surface area contributed by atoms with E-state index >= 15 is 0 Å². The Labute approximate surface area is 135 Å². The predicted octanol–water partition coefficient (Wildman–Crippen LogP) is 3.71. The summed E-state index contributed by atoms with van der Waals surface area (Å²) in [4.78, 5) is 14.0. The molecular formula is C17H24F2N2O2. The van der Waals surface area contributed by atoms with E-state index in [1.54, 1.807) is 18.9 Å². The third-order valence-corrected chi connectivity index (χ3v) is 4.20. The fraction of sp³-hybridized carbons (Fsp3) is 0.588. The Morgan fingerprint density at radius 3 is 2.70 bits per heavy atom. The minimum absolute atomic E-state index is 0.0202. The van der Waals surface area contributed by atoms with Gasteiger partial charge in [-0.15, -0.1) is 0 Å². The zero-order valence-electron chi connectivity index (χ0n) is 13.6. The molecule has 4 nitrogen and oxygen atoms in total. The van der Waals surface area contributed by atoms with Crippen LogP contribution in [0.5, 0.6) is 5.75 Å². The smallest absolute Gasteiger partial charge is 0.317 e. The second kappa shape index (κ2) is 8.13. The molecule has 1 atom stereocenters. The molecule has 1 aliphatic rings. The standard InChI is InChI=1S/C17H24F2N2O2/c1-12(11-23-16-9-8-13(18)10-15(16)19)20-17(22)21(2)14-6-4-3-5-7-14/h8-10,12,14H,3-7,11H2,1-2H3,(H,20,22). The number of amides is 2. The number of rotatable bonds is 5. The van der Waals surface area contributed by atoms with E-state index in [2.05, 4.69) is 5.32 Å². The first-order valence-electron chi connectivity index (χ1n) is 8.08. The van der Waals surface area contributed by atoms with Crippen LogP contribution in [0.1, 0.15) is 39.0 Å². The molecule has 1 aromatic rings. The zero-order chi connectivity index (χ0) is 16.8. The van der Waals surface area contributed by atoms with Gasteiger partial charge in [-0.2, -0.15) is 0 Å². The Hall–Kier alpha value is -1.85. The molecule has 0 saturated heterocycles. The van der Waals surface area contributed by atoms with Crippen molar-refractivity contribution in [3.8, 4) is 5.75 Å². The van der Waals surface area contributed by atoms with Crippen LogP contribution in [-0.4, -0.2) is 36.7 Å². The van der Waals surface area contributed by atoms with Gasteiger partial charge in [0.25, 0.3) is 0 Å². The number of carbonyl (C=O) groups excluding carboxylic acids is 1. The van der Waals surface area contributed by atoms with E-state index < -0.39 is 11.6 Å². The molecule has 0 aliphatic heterocycles. The number of halogens is 2. The molecule has 128 valence electrons. The molecule has 1 fully saturated rings. The minimum Gasteiger partial charge on any atom is -0.488 e. The summed E-state index contributed by atoms with van der Waals surface area (Å²) in [5.74, 6) is -1.42. The van der Waals surface area contributed by atoms with E-state index in [-0.39, 0.29) is 30.5 Å². The van der Waals surface area contributed by atoms with Gasteiger partial charge in [0.05, 0.1) is 6.04 Å². The summed E-state index contributed by atoms with van der Waals surface area (Å²) in [7, 11) is 1.80. The van der Waals surface area contributed by atoms with Gasteiger partial charge in [0, 0.05) is 19.2 Å². The summed E-state index contributed by atoms with van der Waals surface area (Å²) >= 11 is 0. The van der Waals surface area contributed by atoms with Crippen LogP contribution in [0.2, 0.25) is 0 Å². The Balaban J connectivity index is 1.79. The summed E-state index contributed by atoms with van der Waals surface area (Å²) in [5, 5.41) is 2.84. The van der Waals surface area contributed by atoms with Crippen molar-refractivity contribution in [1.82, 2.24) is 10.2 Å². The molecular weight excluding hydrogens is 302 g/mol. The summed E-state index contributed by atoms with van der Waals surface area (Å²) in [6.07, 6.45) is 5.63. The van der Waals surface area contributed by atoms with E-state index in [1.165, 1.54) is 12.5 Å². The Morgan fingerprint density at radius 2 is 2.04 bits per heavy atom. The fourth-order valence-corrected chi connectivity index (χ4v) is 2.80. The number of hydrogen-bond donors (Lipinski definition) is 1. The number of nitrogens with zero attached hydrogens (tertiary/aromatic N) is 1. The monoisotopic (exact) mass is 326 g/mol. The fourth-order valence-electron chi connectivity index (χ4n) is 2.80. The second-order valence-electron chi connectivity index (χ2n) is 6.14. The molecule has 1 saturated carbocycles. The molecule has 0 aromatic heterocycles. The van der Waals surface area contributed by atoms with Crippen LogP contribution in [0.25, 0.3) is 0 Å². The average Bonchev–Trinajstić information content (AvgIpc) is 2.54. The first-order chi connectivity index (χ1) is 11.0. The second-order valence-corrected chi connectivity index (χ2v) is 6.14. The van der Waals surface area contributed by atoms with E-state index in [0.29, 0.717) is 0 Å². The van der Waals surface area contributed by atoms with Crippen molar-refractivity contribution in [3.63, 3.8) is 0 Å². The number of nitrogens with one attached hydrogen (secondary N) is 1. The van der Waals surface area contributed by atoms with Gasteiger partial charge in [-0.05, 0) is 31.9 Å². The van der Waals surface area contributed by atoms with Crippen molar-refractivity contribution in [3.05, 3.63) is 29.8 Å². The molecule has 0 spiro atoms. The number of urea groups is 1. The van der Waals surface area contributed by atoms with Gasteiger partial charge in [0.15, 0.2) is 11.6 Å². The number of hydrogen-bond acceptors (Lipinski definition) is 2. The van der Waals surface area contributed by atoms with Gasteiger partial charge in [0.2, 0.25) is 0 Å². The van der Waals surface area contributed by atoms with Crippen LogP contribution in [0.3, 0.4) is 0 Å². The maximum atomic E-state index is 13.5. The van der Waals surface area contributed by atoms with Gasteiger partial charge in [-0.3, -0.25) is 0 Å². The number of ether oxygens (including phenoxy) is 1. The van der Waals surface area contributed by atoms with E-state index in [9.17, 15) is 13.6 Å². The topological polar surface area (TPSA) is 41.6 Å². The van der Waals surface area contributed by atoms with Crippen LogP contribution in [0, 0.1) is 11.6 Å². The molecule has 0 heterocycles. The first-order valence-corrected chi connectivity index (χ1v) is 8.08. The van der Waals surface area contributed by atoms with E-state index in [0.717, 1.165) is 37.8 Å². The van der Waals surface area contributed by atoms with Gasteiger partial charge >= 0.3 is 6.03 Å². The van der Waals surface area contributed by atoms with Crippen molar-refractivity contribution in [2.24, 2.45) is 0 Å². The van der Waals surface area contributed by atoms with Gasteiger partial charge in [0.1, 0.15) is 12.4 Å². The van der Waals surface area contributed by atoms with E-state index in [4.69, 9.17) is 4.74 Å². The quantitative estimate of drug-likeness (QED) is 0.896. The highest BCUT2D eigenvalue weighted by Gasteiger charge is 2.23. The van der Waals surface area contributed by atoms with Crippen molar-refractivity contribution in [2.75, 3.05) is 13.7 Å². The minimum atomic E-state index is -0.747. The average molecular weight is 326 g/mol. The zero-order valence-corrected chi connectivity index (χ0v) is 13.6. The van der Waals surface area contributed by atoms with Crippen molar-refractivity contribution >= 4 is 6.03 Å². The lowest BCUT2D eigenvalue weighted by molar-refractivity contribution is 0.165. The van der Waals surface area contributed by atoms with Crippen LogP contribution in [0.4, 0.5) is 13.6 Å². The molecule has 1 aliphatic carbocycles. The Kier molecular flexibility index (Phi) is 6.19. The Morgan fingerprint density at radius 1 is 1.35 bits per heavy atom. The maximum Gasteiger partial charge on any atom is 0.317 e. The molecule has 23 heavy (non-hydrogen) atoms. The van der Waals surface area contributed by atoms with Crippen LogP contribution in [0.15, 0.2) is 18.2 Å². The lowest BCUT2D eigenvalue weighted by Crippen LogP contribution is -2.48. The molecule has 0 bridgehead atoms. The maximum absolute atomic E-state index is 13.5. The van der Waals surface area contributed by atoms with Gasteiger partial charge < -0.3 is 15.0 Å². The molecule has 1 unspecified atom stereocenters. The highest BCUT2D eigenvalue weighted by Crippen LogP contribution is 2.21. The molecule has 0 radical (unpaired) electrons. The molecule has 1 N–H and O–H groups in total. The highest BCUT2D eigenvalue weighted by molar-refractivity contribution is 5.74. The lowest BCUT2D eigenvalue weighted by atomic mass is 9.95. The van der Waals surface area contributed by atoms with Gasteiger partial charge in [-0.25, -0.2) is 13.6 Å². The summed E-state index contributed by atoms with van der Waals surface area (Å²) < 4.78 is 31.6. The molecule has 2 rings (SSSR count). The van der Waals surface area contributed by atoms with Crippen molar-refractivity contribution < 1.29 is 18.3 Å². The van der Waals surface area contributed by atoms with Gasteiger partial charge in [-0.1, -0.05) is 19.3 Å². The van der Waals surface area contributed by atoms with Crippen LogP contribution >= 0.6 is 0 Å². The Bertz CT molecular complexity index is 533. The summed E-state index contributed by atoms with van der Waals surface area (Å²) in [6.45, 7) is 1.90. The molecule has 1 aromatic carbocycles. The number of carbonyl (C=O) groups is 1. The van der Waals surface area contributed by atoms with E-state index in [1.807, 2.05) is 0 Å². The third-order valence-electron chi connectivity index (χ3n) is 4.20. The normalized spacial score (nSPS) is 16.7. The molecule has 2 amide bonds. The van der Waals surface area contributed by atoms with Crippen molar-refractivity contribution in [1.29, 1.82) is 0 Å². The first kappa shape index (κ1) is 17.5. The SMILES string of the molecule is CC(COc1ccc(F)cc1F)NC(=O)N(C)C1CCCCC1. The lowest BCUT2D eigenvalue weighted by Gasteiger charge is -2.32. The van der Waals surface area contributed by atoms with Crippen molar-refractivity contribution in [2.45, 2.75) is 51.1 Å². The van der Waals surface area contributed by atoms with Crippen LogP contribution in [-0.2, 0) is 0 Å². The third kappa shape index (κ3) is 5.08. The number of benzene rings is 1. The summed E-state index contributed by atoms with van der Waals surface area (Å²) in [6, 6.07) is 3.01. The summed E-state index contributed by atoms with van der Waals surface area (Å²) in [5.41, 5.74) is 0. The van der Waals surface area contributed by atoms with Crippen LogP contribution < -0.4 is 10.1 Å². The largest absolute Gasteiger partial charge is 0.488 e. The predicted molar refractivity (Wildman–Crippen MR) is 84.5 cm³/mol. The molecule has 6 heteroatoms. The highest BCUT2D eigenvalue weighted by atomic mass is 19.1.